The number of benzene rings is 2. The number of hydrogen-bond acceptors (Lipinski definition) is 0. The molecule has 0 aromatic heterocycles. The summed E-state index contributed by atoms with van der Waals surface area (Å²) in [5.41, 5.74) is 2.02. The average molecular weight is 328 g/mol. The molecule has 2 rings (SSSR count). The Balaban J connectivity index is 1.96. The number of unbranched alkanes of at least 4 members (excludes halogenated alkanes) is 2. The second kappa shape index (κ2) is 8.40. The minimum Gasteiger partial charge on any atom is -0.166 e. The van der Waals surface area contributed by atoms with Crippen molar-refractivity contribution in [2.45, 2.75) is 31.9 Å². The fourth-order valence-electron chi connectivity index (χ4n) is 2.26. The summed E-state index contributed by atoms with van der Waals surface area (Å²) in [7, 11) is 0. The first-order valence-corrected chi connectivity index (χ1v) is 7.88. The van der Waals surface area contributed by atoms with Crippen LogP contribution in [0, 0.1) is 11.8 Å². The molecule has 0 aliphatic carbocycles. The molecule has 0 spiro atoms. The van der Waals surface area contributed by atoms with Crippen LogP contribution in [0.3, 0.4) is 0 Å². The zero-order chi connectivity index (χ0) is 17.4. The van der Waals surface area contributed by atoms with Gasteiger partial charge in [-0.2, -0.15) is 13.2 Å². The number of allylic oxidation sites excluding steroid dienone is 1. The van der Waals surface area contributed by atoms with E-state index in [0.29, 0.717) is 5.56 Å². The van der Waals surface area contributed by atoms with Crippen molar-refractivity contribution in [1.29, 1.82) is 0 Å². The first-order chi connectivity index (χ1) is 11.5. The predicted octanol–water partition coefficient (Wildman–Crippen LogP) is 6.00. The van der Waals surface area contributed by atoms with Crippen molar-refractivity contribution in [3.05, 3.63) is 83.4 Å². The van der Waals surface area contributed by atoms with E-state index in [0.717, 1.165) is 43.4 Å². The average Bonchev–Trinajstić information content (AvgIpc) is 2.57. The highest BCUT2D eigenvalue weighted by Gasteiger charge is 2.29. The highest BCUT2D eigenvalue weighted by Crippen LogP contribution is 2.28. The Morgan fingerprint density at radius 3 is 1.88 bits per heavy atom. The van der Waals surface area contributed by atoms with Gasteiger partial charge in [0.05, 0.1) is 5.56 Å². The Kier molecular flexibility index (Phi) is 6.26. The molecular formula is C21H19F3. The van der Waals surface area contributed by atoms with Crippen LogP contribution in [0.2, 0.25) is 0 Å². The third-order valence-corrected chi connectivity index (χ3v) is 3.64. The lowest BCUT2D eigenvalue weighted by Crippen LogP contribution is -2.04. The number of hydrogen-bond donors (Lipinski definition) is 0. The molecule has 0 aliphatic rings. The van der Waals surface area contributed by atoms with Crippen molar-refractivity contribution in [2.24, 2.45) is 0 Å². The van der Waals surface area contributed by atoms with E-state index in [1.165, 1.54) is 17.7 Å². The zero-order valence-electron chi connectivity index (χ0n) is 13.4. The van der Waals surface area contributed by atoms with Gasteiger partial charge in [0.1, 0.15) is 0 Å². The molecule has 0 saturated heterocycles. The van der Waals surface area contributed by atoms with Gasteiger partial charge in [-0.3, -0.25) is 0 Å². The fourth-order valence-corrected chi connectivity index (χ4v) is 2.26. The van der Waals surface area contributed by atoms with Crippen molar-refractivity contribution in [2.75, 3.05) is 0 Å². The van der Waals surface area contributed by atoms with Crippen molar-refractivity contribution in [3.8, 4) is 11.8 Å². The van der Waals surface area contributed by atoms with Gasteiger partial charge in [-0.1, -0.05) is 30.0 Å². The van der Waals surface area contributed by atoms with Gasteiger partial charge < -0.3 is 0 Å². The van der Waals surface area contributed by atoms with Gasteiger partial charge in [0, 0.05) is 11.1 Å². The van der Waals surface area contributed by atoms with E-state index in [-0.39, 0.29) is 0 Å². The molecule has 0 radical (unpaired) electrons. The van der Waals surface area contributed by atoms with Crippen LogP contribution >= 0.6 is 0 Å². The van der Waals surface area contributed by atoms with E-state index in [4.69, 9.17) is 0 Å². The van der Waals surface area contributed by atoms with Gasteiger partial charge in [0.25, 0.3) is 0 Å². The summed E-state index contributed by atoms with van der Waals surface area (Å²) in [6, 6.07) is 12.9. The van der Waals surface area contributed by atoms with Gasteiger partial charge in [0.2, 0.25) is 0 Å². The molecule has 124 valence electrons. The Morgan fingerprint density at radius 2 is 1.38 bits per heavy atom. The number of halogens is 3. The minimum absolute atomic E-state index is 0.566. The molecule has 0 heterocycles. The third-order valence-electron chi connectivity index (χ3n) is 3.64. The van der Waals surface area contributed by atoms with Crippen LogP contribution in [-0.2, 0) is 12.6 Å². The Bertz CT molecular complexity index is 711. The molecule has 0 nitrogen and oxygen atoms in total. The summed E-state index contributed by atoms with van der Waals surface area (Å²) in [4.78, 5) is 0. The lowest BCUT2D eigenvalue weighted by molar-refractivity contribution is -0.137. The number of aryl methyl sites for hydroxylation is 1. The van der Waals surface area contributed by atoms with E-state index in [9.17, 15) is 13.2 Å². The second-order valence-electron chi connectivity index (χ2n) is 5.56. The van der Waals surface area contributed by atoms with E-state index in [1.54, 1.807) is 0 Å². The van der Waals surface area contributed by atoms with Gasteiger partial charge in [-0.15, -0.1) is 6.58 Å². The van der Waals surface area contributed by atoms with Crippen LogP contribution in [-0.4, -0.2) is 0 Å². The van der Waals surface area contributed by atoms with Crippen molar-refractivity contribution >= 4 is 0 Å². The Hall–Kier alpha value is -2.47. The molecule has 0 amide bonds. The predicted molar refractivity (Wildman–Crippen MR) is 91.6 cm³/mol. The van der Waals surface area contributed by atoms with Gasteiger partial charge >= 0.3 is 6.18 Å². The third kappa shape index (κ3) is 5.62. The standard InChI is InChI=1S/C21H19F3/c1-2-3-4-5-6-17-7-9-18(10-8-17)11-12-19-13-15-20(16-14-19)21(22,23)24/h2,7-10,13-16H,1,3-6H2. The summed E-state index contributed by atoms with van der Waals surface area (Å²) in [5, 5.41) is 0. The lowest BCUT2D eigenvalue weighted by Gasteiger charge is -2.05. The molecular weight excluding hydrogens is 309 g/mol. The van der Waals surface area contributed by atoms with Crippen LogP contribution in [0.4, 0.5) is 13.2 Å². The van der Waals surface area contributed by atoms with Crippen LogP contribution < -0.4 is 0 Å². The van der Waals surface area contributed by atoms with E-state index < -0.39 is 11.7 Å². The molecule has 0 saturated carbocycles. The van der Waals surface area contributed by atoms with Crippen LogP contribution in [0.5, 0.6) is 0 Å². The minimum atomic E-state index is -4.31. The van der Waals surface area contributed by atoms with Crippen molar-refractivity contribution in [1.82, 2.24) is 0 Å². The summed E-state index contributed by atoms with van der Waals surface area (Å²) >= 11 is 0. The highest BCUT2D eigenvalue weighted by molar-refractivity contribution is 5.44. The quantitative estimate of drug-likeness (QED) is 0.358. The maximum absolute atomic E-state index is 12.5. The highest BCUT2D eigenvalue weighted by atomic mass is 19.4. The van der Waals surface area contributed by atoms with Gasteiger partial charge in [0.15, 0.2) is 0 Å². The number of rotatable bonds is 5. The zero-order valence-corrected chi connectivity index (χ0v) is 13.4. The monoisotopic (exact) mass is 328 g/mol. The first kappa shape index (κ1) is 17.9. The van der Waals surface area contributed by atoms with Gasteiger partial charge in [-0.25, -0.2) is 0 Å². The molecule has 0 unspecified atom stereocenters. The topological polar surface area (TPSA) is 0 Å². The Labute approximate surface area is 141 Å². The summed E-state index contributed by atoms with van der Waals surface area (Å²) in [6.45, 7) is 3.71. The maximum atomic E-state index is 12.5. The molecule has 0 atom stereocenters. The second-order valence-corrected chi connectivity index (χ2v) is 5.56. The molecule has 2 aromatic carbocycles. The van der Waals surface area contributed by atoms with Crippen molar-refractivity contribution in [3.63, 3.8) is 0 Å². The molecule has 0 fully saturated rings. The summed E-state index contributed by atoms with van der Waals surface area (Å²) in [6.07, 6.45) is 1.95. The largest absolute Gasteiger partial charge is 0.416 e. The molecule has 0 N–H and O–H groups in total. The normalized spacial score (nSPS) is 10.8. The lowest BCUT2D eigenvalue weighted by atomic mass is 10.0. The summed E-state index contributed by atoms with van der Waals surface area (Å²) < 4.78 is 37.5. The van der Waals surface area contributed by atoms with Crippen LogP contribution in [0.1, 0.15) is 41.5 Å². The molecule has 0 aliphatic heterocycles. The Morgan fingerprint density at radius 1 is 0.833 bits per heavy atom. The molecule has 2 aromatic rings. The van der Waals surface area contributed by atoms with E-state index in [2.05, 4.69) is 18.4 Å². The van der Waals surface area contributed by atoms with Crippen LogP contribution in [0.15, 0.2) is 61.2 Å². The summed E-state index contributed by atoms with van der Waals surface area (Å²) in [5.74, 6) is 5.87. The SMILES string of the molecule is C=CCCCCc1ccc(C#Cc2ccc(C(F)(F)F)cc2)cc1. The smallest absolute Gasteiger partial charge is 0.166 e. The fraction of sp³-hybridized carbons (Fsp3) is 0.238. The first-order valence-electron chi connectivity index (χ1n) is 7.88. The molecule has 0 bridgehead atoms. The maximum Gasteiger partial charge on any atom is 0.416 e. The van der Waals surface area contributed by atoms with Crippen molar-refractivity contribution < 1.29 is 13.2 Å². The van der Waals surface area contributed by atoms with E-state index in [1.807, 2.05) is 30.3 Å². The van der Waals surface area contributed by atoms with Gasteiger partial charge in [-0.05, 0) is 67.6 Å². The number of alkyl halides is 3. The van der Waals surface area contributed by atoms with Crippen LogP contribution in [0.25, 0.3) is 0 Å². The molecule has 3 heteroatoms. The van der Waals surface area contributed by atoms with E-state index >= 15 is 0 Å². The molecule has 24 heavy (non-hydrogen) atoms.